The molecule has 6 heteroatoms. The molecule has 0 aliphatic rings. The van der Waals surface area contributed by atoms with E-state index in [0.29, 0.717) is 22.8 Å². The van der Waals surface area contributed by atoms with Crippen LogP contribution < -0.4 is 14.2 Å². The molecule has 5 nitrogen and oxygen atoms in total. The smallest absolute Gasteiger partial charge is 0.203 e. The molecule has 0 aromatic heterocycles. The molecular weight excluding hydrogens is 303 g/mol. The van der Waals surface area contributed by atoms with E-state index in [4.69, 9.17) is 14.2 Å². The molecule has 0 bridgehead atoms. The zero-order chi connectivity index (χ0) is 17.0. The van der Waals surface area contributed by atoms with Crippen LogP contribution in [0.2, 0.25) is 0 Å². The fraction of sp³-hybridized carbons (Fsp3) is 0.176. The SMILES string of the molecule is COc1cc(/C=C\c2ccc(F)c(O)c2O)cc(OC)c1OC. The van der Waals surface area contributed by atoms with Crippen molar-refractivity contribution < 1.29 is 28.8 Å². The van der Waals surface area contributed by atoms with Crippen LogP contribution in [0.4, 0.5) is 4.39 Å². The van der Waals surface area contributed by atoms with Crippen LogP contribution in [0.15, 0.2) is 24.3 Å². The summed E-state index contributed by atoms with van der Waals surface area (Å²) in [6.07, 6.45) is 3.20. The maximum atomic E-state index is 13.1. The number of aromatic hydroxyl groups is 2. The molecule has 23 heavy (non-hydrogen) atoms. The summed E-state index contributed by atoms with van der Waals surface area (Å²) in [5.41, 5.74) is 0.986. The Morgan fingerprint density at radius 1 is 0.870 bits per heavy atom. The summed E-state index contributed by atoms with van der Waals surface area (Å²) >= 11 is 0. The Kier molecular flexibility index (Phi) is 4.95. The Bertz CT molecular complexity index is 715. The van der Waals surface area contributed by atoms with Gasteiger partial charge in [-0.2, -0.15) is 0 Å². The zero-order valence-corrected chi connectivity index (χ0v) is 13.0. The van der Waals surface area contributed by atoms with E-state index in [1.54, 1.807) is 18.2 Å². The van der Waals surface area contributed by atoms with E-state index in [2.05, 4.69) is 0 Å². The summed E-state index contributed by atoms with van der Waals surface area (Å²) in [4.78, 5) is 0. The van der Waals surface area contributed by atoms with Gasteiger partial charge < -0.3 is 24.4 Å². The fourth-order valence-corrected chi connectivity index (χ4v) is 2.09. The number of phenolic OH excluding ortho intramolecular Hbond substituents is 2. The molecule has 0 saturated heterocycles. The summed E-state index contributed by atoms with van der Waals surface area (Å²) in [5.74, 6) is -0.747. The molecule has 0 saturated carbocycles. The highest BCUT2D eigenvalue weighted by molar-refractivity contribution is 5.76. The van der Waals surface area contributed by atoms with E-state index in [1.165, 1.54) is 33.5 Å². The minimum atomic E-state index is -0.882. The first-order valence-corrected chi connectivity index (χ1v) is 6.70. The van der Waals surface area contributed by atoms with Crippen LogP contribution in [-0.4, -0.2) is 31.5 Å². The predicted octanol–water partition coefficient (Wildman–Crippen LogP) is 3.43. The van der Waals surface area contributed by atoms with Crippen molar-refractivity contribution in [2.75, 3.05) is 21.3 Å². The average molecular weight is 320 g/mol. The van der Waals surface area contributed by atoms with Crippen molar-refractivity contribution in [3.63, 3.8) is 0 Å². The minimum Gasteiger partial charge on any atom is -0.504 e. The first-order valence-electron chi connectivity index (χ1n) is 6.70. The molecule has 0 fully saturated rings. The summed E-state index contributed by atoms with van der Waals surface area (Å²) in [7, 11) is 4.53. The fourth-order valence-electron chi connectivity index (χ4n) is 2.09. The highest BCUT2D eigenvalue weighted by atomic mass is 19.1. The third-order valence-corrected chi connectivity index (χ3v) is 3.28. The summed E-state index contributed by atoms with van der Waals surface area (Å²) in [5, 5.41) is 19.1. The van der Waals surface area contributed by atoms with E-state index in [-0.39, 0.29) is 5.56 Å². The molecule has 0 aliphatic heterocycles. The van der Waals surface area contributed by atoms with Gasteiger partial charge in [-0.25, -0.2) is 4.39 Å². The highest BCUT2D eigenvalue weighted by Gasteiger charge is 2.13. The van der Waals surface area contributed by atoms with Crippen molar-refractivity contribution in [1.29, 1.82) is 0 Å². The van der Waals surface area contributed by atoms with Gasteiger partial charge in [0.2, 0.25) is 5.75 Å². The van der Waals surface area contributed by atoms with Crippen molar-refractivity contribution in [1.82, 2.24) is 0 Å². The van der Waals surface area contributed by atoms with Gasteiger partial charge in [-0.3, -0.25) is 0 Å². The number of benzene rings is 2. The van der Waals surface area contributed by atoms with E-state index in [1.807, 2.05) is 0 Å². The lowest BCUT2D eigenvalue weighted by Gasteiger charge is -2.12. The summed E-state index contributed by atoms with van der Waals surface area (Å²) < 4.78 is 28.9. The van der Waals surface area contributed by atoms with Gasteiger partial charge in [0.1, 0.15) is 0 Å². The van der Waals surface area contributed by atoms with Crippen LogP contribution in [0, 0.1) is 5.82 Å². The molecule has 0 unspecified atom stereocenters. The number of rotatable bonds is 5. The maximum absolute atomic E-state index is 13.1. The van der Waals surface area contributed by atoms with Gasteiger partial charge in [-0.05, 0) is 29.8 Å². The normalized spacial score (nSPS) is 10.8. The van der Waals surface area contributed by atoms with Crippen molar-refractivity contribution in [3.8, 4) is 28.7 Å². The van der Waals surface area contributed by atoms with Crippen LogP contribution in [0.1, 0.15) is 11.1 Å². The number of methoxy groups -OCH3 is 3. The first kappa shape index (κ1) is 16.5. The molecule has 0 aliphatic carbocycles. The van der Waals surface area contributed by atoms with Gasteiger partial charge in [-0.15, -0.1) is 0 Å². The van der Waals surface area contributed by atoms with Crippen LogP contribution in [0.25, 0.3) is 12.2 Å². The summed E-state index contributed by atoms with van der Waals surface area (Å²) in [6, 6.07) is 5.87. The van der Waals surface area contributed by atoms with Gasteiger partial charge >= 0.3 is 0 Å². The van der Waals surface area contributed by atoms with Crippen molar-refractivity contribution in [2.45, 2.75) is 0 Å². The second kappa shape index (κ2) is 6.91. The second-order valence-electron chi connectivity index (χ2n) is 4.63. The molecule has 122 valence electrons. The number of hydrogen-bond donors (Lipinski definition) is 2. The molecule has 2 N–H and O–H groups in total. The molecule has 0 amide bonds. The standard InChI is InChI=1S/C17H17FO5/c1-21-13-8-10(9-14(22-2)17(13)23-3)4-5-11-6-7-12(18)16(20)15(11)19/h4-9,19-20H,1-3H3/b5-4-. The number of ether oxygens (including phenoxy) is 3. The molecular formula is C17H17FO5. The third kappa shape index (κ3) is 3.31. The lowest BCUT2D eigenvalue weighted by Crippen LogP contribution is -1.95. The van der Waals surface area contributed by atoms with Gasteiger partial charge in [0, 0.05) is 5.56 Å². The minimum absolute atomic E-state index is 0.276. The Morgan fingerprint density at radius 3 is 2.00 bits per heavy atom. The molecule has 0 heterocycles. The van der Waals surface area contributed by atoms with Crippen molar-refractivity contribution in [2.24, 2.45) is 0 Å². The van der Waals surface area contributed by atoms with Crippen LogP contribution >= 0.6 is 0 Å². The lowest BCUT2D eigenvalue weighted by atomic mass is 10.1. The molecule has 0 spiro atoms. The van der Waals surface area contributed by atoms with Crippen molar-refractivity contribution in [3.05, 3.63) is 41.2 Å². The van der Waals surface area contributed by atoms with Gasteiger partial charge in [0.15, 0.2) is 28.8 Å². The number of halogens is 1. The van der Waals surface area contributed by atoms with Crippen LogP contribution in [0.3, 0.4) is 0 Å². The monoisotopic (exact) mass is 320 g/mol. The van der Waals surface area contributed by atoms with Crippen LogP contribution in [0.5, 0.6) is 28.7 Å². The quantitative estimate of drug-likeness (QED) is 0.652. The van der Waals surface area contributed by atoms with E-state index >= 15 is 0 Å². The van der Waals surface area contributed by atoms with Crippen LogP contribution in [-0.2, 0) is 0 Å². The Morgan fingerprint density at radius 2 is 1.48 bits per heavy atom. The largest absolute Gasteiger partial charge is 0.504 e. The van der Waals surface area contributed by atoms with E-state index < -0.39 is 17.3 Å². The van der Waals surface area contributed by atoms with E-state index in [0.717, 1.165) is 6.07 Å². The third-order valence-electron chi connectivity index (χ3n) is 3.28. The molecule has 2 aromatic rings. The Balaban J connectivity index is 2.42. The highest BCUT2D eigenvalue weighted by Crippen LogP contribution is 2.39. The zero-order valence-electron chi connectivity index (χ0n) is 13.0. The number of phenols is 2. The Labute approximate surface area is 133 Å². The molecule has 2 aromatic carbocycles. The number of hydrogen-bond acceptors (Lipinski definition) is 5. The molecule has 2 rings (SSSR count). The lowest BCUT2D eigenvalue weighted by molar-refractivity contribution is 0.324. The Hall–Kier alpha value is -2.89. The topological polar surface area (TPSA) is 68.2 Å². The molecule has 0 radical (unpaired) electrons. The molecule has 0 atom stereocenters. The first-order chi connectivity index (χ1) is 11.0. The van der Waals surface area contributed by atoms with Crippen molar-refractivity contribution >= 4 is 12.2 Å². The summed E-state index contributed by atoms with van der Waals surface area (Å²) in [6.45, 7) is 0. The van der Waals surface area contributed by atoms with E-state index in [9.17, 15) is 14.6 Å². The van der Waals surface area contributed by atoms with Gasteiger partial charge in [0.25, 0.3) is 0 Å². The predicted molar refractivity (Wildman–Crippen MR) is 84.8 cm³/mol. The van der Waals surface area contributed by atoms with Gasteiger partial charge in [0.05, 0.1) is 21.3 Å². The maximum Gasteiger partial charge on any atom is 0.203 e. The van der Waals surface area contributed by atoms with Gasteiger partial charge in [-0.1, -0.05) is 12.2 Å². The average Bonchev–Trinajstić information content (AvgIpc) is 2.57. The second-order valence-corrected chi connectivity index (χ2v) is 4.63.